The van der Waals surface area contributed by atoms with E-state index in [0.717, 1.165) is 33.2 Å². The Kier molecular flexibility index (Phi) is 3.90. The lowest BCUT2D eigenvalue weighted by Crippen LogP contribution is -1.89. The van der Waals surface area contributed by atoms with Crippen molar-refractivity contribution in [3.63, 3.8) is 0 Å². The SMILES string of the molecule is Cc1cc(Oc2ccc(CO)cc2)cc(C)c1Cl. The van der Waals surface area contributed by atoms with Gasteiger partial charge in [-0.2, -0.15) is 0 Å². The lowest BCUT2D eigenvalue weighted by molar-refractivity contribution is 0.281. The molecule has 0 heterocycles. The number of hydrogen-bond donors (Lipinski definition) is 1. The maximum absolute atomic E-state index is 8.97. The Morgan fingerprint density at radius 2 is 1.56 bits per heavy atom. The van der Waals surface area contributed by atoms with E-state index in [4.69, 9.17) is 21.4 Å². The predicted molar refractivity (Wildman–Crippen MR) is 73.4 cm³/mol. The van der Waals surface area contributed by atoms with E-state index >= 15 is 0 Å². The molecule has 0 unspecified atom stereocenters. The third-order valence-electron chi connectivity index (χ3n) is 2.75. The van der Waals surface area contributed by atoms with Crippen molar-refractivity contribution in [3.8, 4) is 11.5 Å². The summed E-state index contributed by atoms with van der Waals surface area (Å²) in [6.45, 7) is 3.95. The topological polar surface area (TPSA) is 29.5 Å². The molecule has 2 aromatic rings. The van der Waals surface area contributed by atoms with E-state index in [-0.39, 0.29) is 6.61 Å². The molecule has 0 aliphatic heterocycles. The van der Waals surface area contributed by atoms with Crippen LogP contribution in [0.4, 0.5) is 0 Å². The first kappa shape index (κ1) is 12.9. The van der Waals surface area contributed by atoms with Gasteiger partial charge in [-0.05, 0) is 54.8 Å². The number of benzene rings is 2. The molecule has 0 aliphatic carbocycles. The highest BCUT2D eigenvalue weighted by Crippen LogP contribution is 2.29. The van der Waals surface area contributed by atoms with Crippen LogP contribution in [0.2, 0.25) is 5.02 Å². The van der Waals surface area contributed by atoms with Gasteiger partial charge in [-0.1, -0.05) is 23.7 Å². The molecule has 0 radical (unpaired) electrons. The zero-order valence-corrected chi connectivity index (χ0v) is 11.2. The molecule has 0 saturated heterocycles. The second-order valence-electron chi connectivity index (χ2n) is 4.28. The lowest BCUT2D eigenvalue weighted by atomic mass is 10.1. The van der Waals surface area contributed by atoms with Crippen LogP contribution in [-0.2, 0) is 6.61 Å². The number of aryl methyl sites for hydroxylation is 2. The fourth-order valence-electron chi connectivity index (χ4n) is 1.76. The number of ether oxygens (including phenoxy) is 1. The van der Waals surface area contributed by atoms with Crippen molar-refractivity contribution in [3.05, 3.63) is 58.1 Å². The van der Waals surface area contributed by atoms with Gasteiger partial charge in [0.1, 0.15) is 11.5 Å². The first-order valence-electron chi connectivity index (χ1n) is 5.74. The summed E-state index contributed by atoms with van der Waals surface area (Å²) in [5.41, 5.74) is 2.86. The van der Waals surface area contributed by atoms with Gasteiger partial charge in [-0.15, -0.1) is 0 Å². The third kappa shape index (κ3) is 2.84. The summed E-state index contributed by atoms with van der Waals surface area (Å²) in [4.78, 5) is 0. The van der Waals surface area contributed by atoms with Crippen LogP contribution in [0.1, 0.15) is 16.7 Å². The number of aliphatic hydroxyl groups is 1. The van der Waals surface area contributed by atoms with Gasteiger partial charge in [0.2, 0.25) is 0 Å². The summed E-state index contributed by atoms with van der Waals surface area (Å²) in [6.07, 6.45) is 0. The van der Waals surface area contributed by atoms with Crippen molar-refractivity contribution in [2.45, 2.75) is 20.5 Å². The summed E-state index contributed by atoms with van der Waals surface area (Å²) in [6, 6.07) is 11.2. The van der Waals surface area contributed by atoms with Crippen molar-refractivity contribution in [1.29, 1.82) is 0 Å². The molecule has 2 nitrogen and oxygen atoms in total. The van der Waals surface area contributed by atoms with E-state index in [1.807, 2.05) is 50.2 Å². The number of hydrogen-bond acceptors (Lipinski definition) is 2. The minimum atomic E-state index is 0.0411. The monoisotopic (exact) mass is 262 g/mol. The van der Waals surface area contributed by atoms with Gasteiger partial charge >= 0.3 is 0 Å². The van der Waals surface area contributed by atoms with Crippen LogP contribution in [0.15, 0.2) is 36.4 Å². The first-order chi connectivity index (χ1) is 8.60. The molecular formula is C15H15ClO2. The Morgan fingerprint density at radius 1 is 1.00 bits per heavy atom. The smallest absolute Gasteiger partial charge is 0.128 e. The molecule has 94 valence electrons. The first-order valence-corrected chi connectivity index (χ1v) is 6.12. The standard InChI is InChI=1S/C15H15ClO2/c1-10-7-14(8-11(2)15(10)16)18-13-5-3-12(9-17)4-6-13/h3-8,17H,9H2,1-2H3. The molecule has 0 aromatic heterocycles. The molecule has 2 aromatic carbocycles. The fraction of sp³-hybridized carbons (Fsp3) is 0.200. The molecule has 1 N–H and O–H groups in total. The van der Waals surface area contributed by atoms with Gasteiger partial charge in [0.05, 0.1) is 6.61 Å². The normalized spacial score (nSPS) is 10.4. The molecular weight excluding hydrogens is 248 g/mol. The fourth-order valence-corrected chi connectivity index (χ4v) is 1.87. The Bertz CT molecular complexity index is 524. The lowest BCUT2D eigenvalue weighted by Gasteiger charge is -2.10. The van der Waals surface area contributed by atoms with Gasteiger partial charge in [0.15, 0.2) is 0 Å². The van der Waals surface area contributed by atoms with Crippen LogP contribution in [0.5, 0.6) is 11.5 Å². The summed E-state index contributed by atoms with van der Waals surface area (Å²) < 4.78 is 5.75. The largest absolute Gasteiger partial charge is 0.457 e. The summed E-state index contributed by atoms with van der Waals surface area (Å²) >= 11 is 6.11. The van der Waals surface area contributed by atoms with Crippen LogP contribution < -0.4 is 4.74 Å². The second kappa shape index (κ2) is 5.42. The molecule has 0 amide bonds. The maximum atomic E-state index is 8.97. The molecule has 3 heteroatoms. The van der Waals surface area contributed by atoms with Crippen LogP contribution in [0, 0.1) is 13.8 Å². The van der Waals surface area contributed by atoms with Crippen LogP contribution >= 0.6 is 11.6 Å². The highest BCUT2D eigenvalue weighted by atomic mass is 35.5. The molecule has 0 saturated carbocycles. The Labute approximate surface area is 112 Å². The van der Waals surface area contributed by atoms with Gasteiger partial charge in [-0.25, -0.2) is 0 Å². The van der Waals surface area contributed by atoms with Crippen LogP contribution in [-0.4, -0.2) is 5.11 Å². The van der Waals surface area contributed by atoms with Crippen molar-refractivity contribution < 1.29 is 9.84 Å². The van der Waals surface area contributed by atoms with Gasteiger partial charge in [0.25, 0.3) is 0 Å². The molecule has 2 rings (SSSR count). The minimum absolute atomic E-state index is 0.0411. The highest BCUT2D eigenvalue weighted by Gasteiger charge is 2.04. The summed E-state index contributed by atoms with van der Waals surface area (Å²) in [5, 5.41) is 9.74. The minimum Gasteiger partial charge on any atom is -0.457 e. The van der Waals surface area contributed by atoms with Gasteiger partial charge in [-0.3, -0.25) is 0 Å². The molecule has 0 bridgehead atoms. The Morgan fingerprint density at radius 3 is 2.06 bits per heavy atom. The van der Waals surface area contributed by atoms with Crippen LogP contribution in [0.25, 0.3) is 0 Å². The molecule has 18 heavy (non-hydrogen) atoms. The van der Waals surface area contributed by atoms with E-state index in [2.05, 4.69) is 0 Å². The zero-order chi connectivity index (χ0) is 13.1. The van der Waals surface area contributed by atoms with Crippen LogP contribution in [0.3, 0.4) is 0 Å². The Hall–Kier alpha value is -1.51. The zero-order valence-electron chi connectivity index (χ0n) is 10.4. The van der Waals surface area contributed by atoms with Gasteiger partial charge in [0, 0.05) is 5.02 Å². The van der Waals surface area contributed by atoms with Crippen molar-refractivity contribution in [1.82, 2.24) is 0 Å². The number of halogens is 1. The van der Waals surface area contributed by atoms with Crippen molar-refractivity contribution >= 4 is 11.6 Å². The molecule has 0 atom stereocenters. The number of aliphatic hydroxyl groups excluding tert-OH is 1. The van der Waals surface area contributed by atoms with E-state index in [1.165, 1.54) is 0 Å². The Balaban J connectivity index is 2.23. The predicted octanol–water partition coefficient (Wildman–Crippen LogP) is 4.24. The summed E-state index contributed by atoms with van der Waals surface area (Å²) in [5.74, 6) is 1.51. The van der Waals surface area contributed by atoms with E-state index < -0.39 is 0 Å². The van der Waals surface area contributed by atoms with Gasteiger partial charge < -0.3 is 9.84 Å². The van der Waals surface area contributed by atoms with Crippen molar-refractivity contribution in [2.75, 3.05) is 0 Å². The number of rotatable bonds is 3. The average Bonchev–Trinajstić information content (AvgIpc) is 2.37. The highest BCUT2D eigenvalue weighted by molar-refractivity contribution is 6.32. The van der Waals surface area contributed by atoms with E-state index in [0.29, 0.717) is 0 Å². The van der Waals surface area contributed by atoms with Crippen molar-refractivity contribution in [2.24, 2.45) is 0 Å². The van der Waals surface area contributed by atoms with E-state index in [9.17, 15) is 0 Å². The molecule has 0 aliphatic rings. The maximum Gasteiger partial charge on any atom is 0.128 e. The second-order valence-corrected chi connectivity index (χ2v) is 4.65. The van der Waals surface area contributed by atoms with E-state index in [1.54, 1.807) is 0 Å². The molecule has 0 spiro atoms. The average molecular weight is 263 g/mol. The quantitative estimate of drug-likeness (QED) is 0.896. The molecule has 0 fully saturated rings. The summed E-state index contributed by atoms with van der Waals surface area (Å²) in [7, 11) is 0. The third-order valence-corrected chi connectivity index (χ3v) is 3.35.